The molecule has 0 spiro atoms. The Balaban J connectivity index is 1.43. The second-order valence-electron chi connectivity index (χ2n) is 4.65. The van der Waals surface area contributed by atoms with E-state index in [9.17, 15) is 0 Å². The summed E-state index contributed by atoms with van der Waals surface area (Å²) < 4.78 is 10.8. The quantitative estimate of drug-likeness (QED) is 0.807. The monoisotopic (exact) mass is 247 g/mol. The molecule has 1 saturated carbocycles. The van der Waals surface area contributed by atoms with Gasteiger partial charge in [0.15, 0.2) is 0 Å². The van der Waals surface area contributed by atoms with Crippen LogP contribution >= 0.6 is 0 Å². The Bertz CT molecular complexity index is 474. The predicted octanol–water partition coefficient (Wildman–Crippen LogP) is 1.74. The average Bonchev–Trinajstić information content (AvgIpc) is 2.90. The molecule has 0 unspecified atom stereocenters. The van der Waals surface area contributed by atoms with Gasteiger partial charge in [0.2, 0.25) is 11.8 Å². The van der Waals surface area contributed by atoms with Crippen molar-refractivity contribution in [2.75, 3.05) is 6.54 Å². The lowest BCUT2D eigenvalue weighted by atomic mass is 10.2. The van der Waals surface area contributed by atoms with Crippen molar-refractivity contribution in [3.05, 3.63) is 35.9 Å². The van der Waals surface area contributed by atoms with Gasteiger partial charge in [-0.15, -0.1) is 10.2 Å². The van der Waals surface area contributed by atoms with E-state index in [1.54, 1.807) is 6.26 Å². The summed E-state index contributed by atoms with van der Waals surface area (Å²) in [5, 5.41) is 11.5. The van der Waals surface area contributed by atoms with Crippen LogP contribution in [-0.2, 0) is 19.3 Å². The van der Waals surface area contributed by atoms with Gasteiger partial charge in [-0.2, -0.15) is 0 Å². The Labute approximate surface area is 106 Å². The van der Waals surface area contributed by atoms with Crippen LogP contribution in [-0.4, -0.2) is 22.8 Å². The molecule has 5 nitrogen and oxygen atoms in total. The van der Waals surface area contributed by atoms with Crippen LogP contribution in [0.1, 0.15) is 30.4 Å². The summed E-state index contributed by atoms with van der Waals surface area (Å²) in [6.45, 7) is 0.921. The Kier molecular flexibility index (Phi) is 3.41. The van der Waals surface area contributed by atoms with Crippen LogP contribution in [0.4, 0.5) is 0 Å². The first-order valence-corrected chi connectivity index (χ1v) is 6.47. The van der Waals surface area contributed by atoms with Crippen molar-refractivity contribution < 1.29 is 8.83 Å². The number of aromatic nitrogens is 2. The van der Waals surface area contributed by atoms with Gasteiger partial charge in [-0.05, 0) is 25.0 Å². The van der Waals surface area contributed by atoms with E-state index in [4.69, 9.17) is 8.83 Å². The number of rotatable bonds is 7. The molecular formula is C13H17N3O2. The van der Waals surface area contributed by atoms with Crippen LogP contribution in [0.15, 0.2) is 27.2 Å². The molecule has 1 aliphatic rings. The Morgan fingerprint density at radius 3 is 2.72 bits per heavy atom. The molecule has 3 rings (SSSR count). The van der Waals surface area contributed by atoms with Crippen molar-refractivity contribution in [3.63, 3.8) is 0 Å². The first kappa shape index (κ1) is 11.5. The minimum absolute atomic E-state index is 0.688. The zero-order chi connectivity index (χ0) is 12.2. The largest absolute Gasteiger partial charge is 0.469 e. The maximum Gasteiger partial charge on any atom is 0.217 e. The minimum atomic E-state index is 0.688. The lowest BCUT2D eigenvalue weighted by Gasteiger charge is -1.97. The third-order valence-electron chi connectivity index (χ3n) is 3.02. The summed E-state index contributed by atoms with van der Waals surface area (Å²) in [6, 6.07) is 4.57. The summed E-state index contributed by atoms with van der Waals surface area (Å²) in [4.78, 5) is 0. The molecule has 1 fully saturated rings. The molecule has 0 radical (unpaired) electrons. The highest BCUT2D eigenvalue weighted by molar-refractivity contribution is 4.99. The highest BCUT2D eigenvalue weighted by Gasteiger charge is 2.20. The van der Waals surface area contributed by atoms with E-state index in [2.05, 4.69) is 15.5 Å². The van der Waals surface area contributed by atoms with E-state index in [0.29, 0.717) is 5.89 Å². The van der Waals surface area contributed by atoms with Crippen molar-refractivity contribution in [2.24, 2.45) is 0 Å². The van der Waals surface area contributed by atoms with Crippen molar-refractivity contribution in [2.45, 2.75) is 38.1 Å². The number of furan rings is 1. The molecule has 0 saturated heterocycles. The molecular weight excluding hydrogens is 230 g/mol. The second kappa shape index (κ2) is 5.35. The molecule has 0 amide bonds. The fourth-order valence-electron chi connectivity index (χ4n) is 1.85. The van der Waals surface area contributed by atoms with Crippen LogP contribution in [0.2, 0.25) is 0 Å². The third-order valence-corrected chi connectivity index (χ3v) is 3.02. The predicted molar refractivity (Wildman–Crippen MR) is 65.1 cm³/mol. The Morgan fingerprint density at radius 2 is 2.00 bits per heavy atom. The van der Waals surface area contributed by atoms with Gasteiger partial charge in [-0.25, -0.2) is 0 Å². The van der Waals surface area contributed by atoms with Crippen LogP contribution in [0, 0.1) is 0 Å². The van der Waals surface area contributed by atoms with Gasteiger partial charge in [-0.1, -0.05) is 0 Å². The van der Waals surface area contributed by atoms with Gasteiger partial charge in [0.05, 0.1) is 6.26 Å². The van der Waals surface area contributed by atoms with Gasteiger partial charge >= 0.3 is 0 Å². The summed E-state index contributed by atoms with van der Waals surface area (Å²) >= 11 is 0. The summed E-state index contributed by atoms with van der Waals surface area (Å²) in [7, 11) is 0. The molecule has 96 valence electrons. The molecule has 2 aromatic heterocycles. The van der Waals surface area contributed by atoms with Crippen LogP contribution < -0.4 is 5.32 Å². The van der Waals surface area contributed by atoms with Crippen LogP contribution in [0.5, 0.6) is 0 Å². The Morgan fingerprint density at radius 1 is 1.17 bits per heavy atom. The smallest absolute Gasteiger partial charge is 0.217 e. The zero-order valence-electron chi connectivity index (χ0n) is 10.3. The lowest BCUT2D eigenvalue weighted by Crippen LogP contribution is -2.19. The number of hydrogen-bond acceptors (Lipinski definition) is 5. The van der Waals surface area contributed by atoms with E-state index in [-0.39, 0.29) is 0 Å². The molecule has 5 heteroatoms. The molecule has 2 aromatic rings. The van der Waals surface area contributed by atoms with E-state index in [0.717, 1.165) is 43.5 Å². The fraction of sp³-hybridized carbons (Fsp3) is 0.538. The Hall–Kier alpha value is -1.62. The minimum Gasteiger partial charge on any atom is -0.469 e. The molecule has 0 aromatic carbocycles. The lowest BCUT2D eigenvalue weighted by molar-refractivity contribution is 0.432. The SMILES string of the molecule is c1coc(CCc2nnc(CCNC3CC3)o2)c1. The summed E-state index contributed by atoms with van der Waals surface area (Å²) in [5.41, 5.74) is 0. The van der Waals surface area contributed by atoms with E-state index in [1.165, 1.54) is 12.8 Å². The highest BCUT2D eigenvalue weighted by Crippen LogP contribution is 2.18. The molecule has 2 heterocycles. The standard InChI is InChI=1S/C13H17N3O2/c1-2-11(17-9-1)5-6-12-15-16-13(18-12)7-8-14-10-3-4-10/h1-2,9-10,14H,3-8H2. The van der Waals surface area contributed by atoms with Crippen molar-refractivity contribution in [1.29, 1.82) is 0 Å². The molecule has 1 aliphatic carbocycles. The average molecular weight is 247 g/mol. The normalized spacial score (nSPS) is 15.1. The van der Waals surface area contributed by atoms with Crippen LogP contribution in [0.25, 0.3) is 0 Å². The van der Waals surface area contributed by atoms with Gasteiger partial charge in [0, 0.05) is 31.8 Å². The molecule has 1 N–H and O–H groups in total. The number of hydrogen-bond donors (Lipinski definition) is 1. The highest BCUT2D eigenvalue weighted by atomic mass is 16.4. The molecule has 0 aliphatic heterocycles. The van der Waals surface area contributed by atoms with E-state index < -0.39 is 0 Å². The summed E-state index contributed by atoms with van der Waals surface area (Å²) in [5.74, 6) is 2.36. The van der Waals surface area contributed by atoms with Gasteiger partial charge in [-0.3, -0.25) is 0 Å². The number of nitrogens with zero attached hydrogens (tertiary/aromatic N) is 2. The maximum atomic E-state index is 5.58. The first-order chi connectivity index (χ1) is 8.90. The molecule has 18 heavy (non-hydrogen) atoms. The fourth-order valence-corrected chi connectivity index (χ4v) is 1.85. The number of nitrogens with one attached hydrogen (secondary N) is 1. The first-order valence-electron chi connectivity index (χ1n) is 6.47. The molecule has 0 atom stereocenters. The van der Waals surface area contributed by atoms with E-state index in [1.807, 2.05) is 12.1 Å². The summed E-state index contributed by atoms with van der Waals surface area (Å²) in [6.07, 6.45) is 6.63. The van der Waals surface area contributed by atoms with E-state index >= 15 is 0 Å². The van der Waals surface area contributed by atoms with Crippen molar-refractivity contribution >= 4 is 0 Å². The number of aryl methyl sites for hydroxylation is 2. The maximum absolute atomic E-state index is 5.58. The zero-order valence-corrected chi connectivity index (χ0v) is 10.3. The van der Waals surface area contributed by atoms with Gasteiger partial charge in [0.25, 0.3) is 0 Å². The van der Waals surface area contributed by atoms with Crippen molar-refractivity contribution in [3.8, 4) is 0 Å². The van der Waals surface area contributed by atoms with Gasteiger partial charge < -0.3 is 14.2 Å². The topological polar surface area (TPSA) is 64.1 Å². The molecule has 0 bridgehead atoms. The third kappa shape index (κ3) is 3.20. The second-order valence-corrected chi connectivity index (χ2v) is 4.65. The van der Waals surface area contributed by atoms with Crippen molar-refractivity contribution in [1.82, 2.24) is 15.5 Å². The van der Waals surface area contributed by atoms with Gasteiger partial charge in [0.1, 0.15) is 5.76 Å². The van der Waals surface area contributed by atoms with Crippen LogP contribution in [0.3, 0.4) is 0 Å².